The maximum atomic E-state index is 9.52. The zero-order valence-electron chi connectivity index (χ0n) is 22.8. The first kappa shape index (κ1) is 26.9. The maximum absolute atomic E-state index is 9.52. The number of fused-ring (bicyclic) bond motifs is 1. The Balaban J connectivity index is 1.45. The van der Waals surface area contributed by atoms with Crippen LogP contribution < -0.4 is 4.74 Å². The predicted octanol–water partition coefficient (Wildman–Crippen LogP) is 4.05. The van der Waals surface area contributed by atoms with Crippen molar-refractivity contribution in [2.75, 3.05) is 33.3 Å². The van der Waals surface area contributed by atoms with Crippen LogP contribution in [0.15, 0.2) is 72.8 Å². The number of hydrogen-bond acceptors (Lipinski definition) is 6. The summed E-state index contributed by atoms with van der Waals surface area (Å²) in [6, 6.07) is 27.1. The van der Waals surface area contributed by atoms with Crippen molar-refractivity contribution in [3.8, 4) is 5.75 Å². The quantitative estimate of drug-likeness (QED) is 0.442. The van der Waals surface area contributed by atoms with Gasteiger partial charge in [-0.25, -0.2) is 0 Å². The molecular formula is C32H41N3O3. The highest BCUT2D eigenvalue weighted by atomic mass is 16.5. The summed E-state index contributed by atoms with van der Waals surface area (Å²) in [6.45, 7) is 9.49. The van der Waals surface area contributed by atoms with Crippen molar-refractivity contribution >= 4 is 0 Å². The van der Waals surface area contributed by atoms with E-state index in [9.17, 15) is 10.2 Å². The van der Waals surface area contributed by atoms with Crippen molar-refractivity contribution in [3.63, 3.8) is 0 Å². The highest BCUT2D eigenvalue weighted by Gasteiger charge is 2.35. The molecule has 1 saturated heterocycles. The van der Waals surface area contributed by atoms with Crippen molar-refractivity contribution in [2.45, 2.75) is 57.8 Å². The summed E-state index contributed by atoms with van der Waals surface area (Å²) < 4.78 is 5.62. The number of benzene rings is 3. The van der Waals surface area contributed by atoms with Gasteiger partial charge in [-0.1, -0.05) is 60.7 Å². The number of ether oxygens (including phenoxy) is 1. The van der Waals surface area contributed by atoms with E-state index in [0.717, 1.165) is 44.9 Å². The number of nitrogens with zero attached hydrogens (tertiary/aromatic N) is 3. The van der Waals surface area contributed by atoms with Gasteiger partial charge in [-0.05, 0) is 60.2 Å². The number of aliphatic hydroxyl groups excluding tert-OH is 1. The molecule has 0 spiro atoms. The SMILES string of the molecule is COc1cccc(C(c2ccc3c(c2)CN(CC(O)O)CC3)N2C[C@@H](C)N(Cc3ccccc3)C[C@@H]2C)c1. The summed E-state index contributed by atoms with van der Waals surface area (Å²) in [4.78, 5) is 7.38. The molecule has 0 bridgehead atoms. The Morgan fingerprint density at radius 1 is 0.868 bits per heavy atom. The van der Waals surface area contributed by atoms with Gasteiger partial charge in [-0.15, -0.1) is 0 Å². The molecule has 2 aliphatic heterocycles. The Morgan fingerprint density at radius 3 is 2.42 bits per heavy atom. The molecule has 2 aliphatic rings. The zero-order chi connectivity index (χ0) is 26.6. The molecule has 202 valence electrons. The minimum Gasteiger partial charge on any atom is -0.497 e. The lowest BCUT2D eigenvalue weighted by atomic mass is 9.89. The van der Waals surface area contributed by atoms with E-state index in [-0.39, 0.29) is 12.6 Å². The average Bonchev–Trinajstić information content (AvgIpc) is 2.91. The van der Waals surface area contributed by atoms with Crippen LogP contribution in [-0.4, -0.2) is 76.6 Å². The Bertz CT molecular complexity index is 1200. The first-order valence-corrected chi connectivity index (χ1v) is 13.8. The normalized spacial score (nSPS) is 21.8. The van der Waals surface area contributed by atoms with E-state index in [1.54, 1.807) is 7.11 Å². The fraction of sp³-hybridized carbons (Fsp3) is 0.438. The Labute approximate surface area is 227 Å². The van der Waals surface area contributed by atoms with Crippen molar-refractivity contribution in [3.05, 3.63) is 101 Å². The molecule has 6 nitrogen and oxygen atoms in total. The molecule has 1 fully saturated rings. The number of hydrogen-bond donors (Lipinski definition) is 2. The molecule has 0 aliphatic carbocycles. The molecular weight excluding hydrogens is 474 g/mol. The van der Waals surface area contributed by atoms with Gasteiger partial charge in [0.15, 0.2) is 6.29 Å². The van der Waals surface area contributed by atoms with Crippen LogP contribution in [-0.2, 0) is 19.5 Å². The molecule has 6 heteroatoms. The minimum absolute atomic E-state index is 0.102. The first-order chi connectivity index (χ1) is 18.4. The lowest BCUT2D eigenvalue weighted by Crippen LogP contribution is -2.56. The van der Waals surface area contributed by atoms with Crippen molar-refractivity contribution in [2.24, 2.45) is 0 Å². The summed E-state index contributed by atoms with van der Waals surface area (Å²) in [5.41, 5.74) is 6.51. The first-order valence-electron chi connectivity index (χ1n) is 13.8. The summed E-state index contributed by atoms with van der Waals surface area (Å²) in [5.74, 6) is 0.872. The smallest absolute Gasteiger partial charge is 0.164 e. The highest BCUT2D eigenvalue weighted by Crippen LogP contribution is 2.36. The number of β-amino-alcohol motifs (C(OH)–C–C–N with tert-alkyl or cyclic N) is 2. The molecule has 2 heterocycles. The van der Waals surface area contributed by atoms with Gasteiger partial charge in [0.1, 0.15) is 5.75 Å². The second-order valence-corrected chi connectivity index (χ2v) is 11.0. The molecule has 0 radical (unpaired) electrons. The topological polar surface area (TPSA) is 59.4 Å². The molecule has 3 aromatic rings. The van der Waals surface area contributed by atoms with Gasteiger partial charge < -0.3 is 14.9 Å². The van der Waals surface area contributed by atoms with Crippen molar-refractivity contribution in [1.29, 1.82) is 0 Å². The van der Waals surface area contributed by atoms with Crippen LogP contribution in [0.5, 0.6) is 5.75 Å². The molecule has 5 rings (SSSR count). The largest absolute Gasteiger partial charge is 0.497 e. The van der Waals surface area contributed by atoms with Gasteiger partial charge in [0, 0.05) is 51.4 Å². The van der Waals surface area contributed by atoms with Crippen molar-refractivity contribution in [1.82, 2.24) is 14.7 Å². The zero-order valence-corrected chi connectivity index (χ0v) is 22.8. The lowest BCUT2D eigenvalue weighted by molar-refractivity contribution is -0.0633. The molecule has 0 amide bonds. The maximum Gasteiger partial charge on any atom is 0.164 e. The Kier molecular flexibility index (Phi) is 8.46. The van der Waals surface area contributed by atoms with Gasteiger partial charge in [-0.3, -0.25) is 14.7 Å². The number of aliphatic hydroxyl groups is 2. The summed E-state index contributed by atoms with van der Waals surface area (Å²) in [5, 5.41) is 19.0. The summed E-state index contributed by atoms with van der Waals surface area (Å²) in [6.07, 6.45) is -0.378. The van der Waals surface area contributed by atoms with Crippen LogP contribution in [0, 0.1) is 0 Å². The monoisotopic (exact) mass is 515 g/mol. The van der Waals surface area contributed by atoms with Gasteiger partial charge in [-0.2, -0.15) is 0 Å². The van der Waals surface area contributed by atoms with E-state index in [1.165, 1.54) is 27.8 Å². The third-order valence-electron chi connectivity index (χ3n) is 8.19. The van der Waals surface area contributed by atoms with Gasteiger partial charge in [0.05, 0.1) is 13.2 Å². The number of methoxy groups -OCH3 is 1. The van der Waals surface area contributed by atoms with Gasteiger partial charge in [0.25, 0.3) is 0 Å². The van der Waals surface area contributed by atoms with Crippen LogP contribution in [0.1, 0.15) is 47.7 Å². The van der Waals surface area contributed by atoms with Crippen LogP contribution in [0.4, 0.5) is 0 Å². The number of rotatable bonds is 8. The standard InChI is InChI=1S/C32H41N3O3/c1-23-19-35(24(2)18-34(23)20-25-8-5-4-6-9-25)32(27-10-7-11-30(17-27)38-3)28-13-12-26-14-15-33(22-31(36)37)21-29(26)16-28/h4-13,16-17,23-24,31-32,36-37H,14-15,18-22H2,1-3H3/t23-,24+,32?/m1/s1. The third-order valence-corrected chi connectivity index (χ3v) is 8.19. The predicted molar refractivity (Wildman–Crippen MR) is 151 cm³/mol. The van der Waals surface area contributed by atoms with E-state index in [0.29, 0.717) is 12.1 Å². The Morgan fingerprint density at radius 2 is 1.66 bits per heavy atom. The van der Waals surface area contributed by atoms with Gasteiger partial charge in [0.2, 0.25) is 0 Å². The van der Waals surface area contributed by atoms with Crippen LogP contribution >= 0.6 is 0 Å². The highest BCUT2D eigenvalue weighted by molar-refractivity contribution is 5.41. The molecule has 0 aromatic heterocycles. The lowest BCUT2D eigenvalue weighted by Gasteiger charge is -2.48. The average molecular weight is 516 g/mol. The molecule has 0 saturated carbocycles. The fourth-order valence-corrected chi connectivity index (χ4v) is 6.20. The molecule has 1 unspecified atom stereocenters. The second kappa shape index (κ2) is 12.0. The molecule has 3 atom stereocenters. The Hall–Kier alpha value is -2.74. The van der Waals surface area contributed by atoms with Crippen LogP contribution in [0.2, 0.25) is 0 Å². The minimum atomic E-state index is -1.31. The van der Waals surface area contributed by atoms with E-state index >= 15 is 0 Å². The van der Waals surface area contributed by atoms with E-state index in [1.807, 2.05) is 6.07 Å². The summed E-state index contributed by atoms with van der Waals surface area (Å²) in [7, 11) is 1.73. The van der Waals surface area contributed by atoms with Gasteiger partial charge >= 0.3 is 0 Å². The fourth-order valence-electron chi connectivity index (χ4n) is 6.20. The number of piperazine rings is 1. The summed E-state index contributed by atoms with van der Waals surface area (Å²) >= 11 is 0. The van der Waals surface area contributed by atoms with Crippen LogP contribution in [0.25, 0.3) is 0 Å². The second-order valence-electron chi connectivity index (χ2n) is 11.0. The van der Waals surface area contributed by atoms with E-state index < -0.39 is 6.29 Å². The van der Waals surface area contributed by atoms with E-state index in [4.69, 9.17) is 4.74 Å². The molecule has 3 aromatic carbocycles. The molecule has 2 N–H and O–H groups in total. The molecule has 38 heavy (non-hydrogen) atoms. The van der Waals surface area contributed by atoms with Crippen molar-refractivity contribution < 1.29 is 14.9 Å². The van der Waals surface area contributed by atoms with Crippen LogP contribution in [0.3, 0.4) is 0 Å². The van der Waals surface area contributed by atoms with E-state index in [2.05, 4.69) is 95.3 Å². The third kappa shape index (κ3) is 6.11.